The Morgan fingerprint density at radius 3 is 2.42 bits per heavy atom. The van der Waals surface area contributed by atoms with Gasteiger partial charge in [-0.3, -0.25) is 9.59 Å². The second-order valence-electron chi connectivity index (χ2n) is 8.90. The third kappa shape index (κ3) is 7.13. The Hall–Kier alpha value is -2.28. The topological polar surface area (TPSA) is 85.1 Å². The van der Waals surface area contributed by atoms with Crippen molar-refractivity contribution in [2.45, 2.75) is 58.4 Å². The van der Waals surface area contributed by atoms with Gasteiger partial charge in [-0.05, 0) is 42.4 Å². The van der Waals surface area contributed by atoms with E-state index in [9.17, 15) is 9.59 Å². The molecule has 1 amide bonds. The molecule has 1 aliphatic rings. The van der Waals surface area contributed by atoms with Gasteiger partial charge in [0, 0.05) is 32.8 Å². The maximum atomic E-state index is 12.3. The van der Waals surface area contributed by atoms with E-state index >= 15 is 0 Å². The fraction of sp³-hybridized carbons (Fsp3) is 0.667. The maximum absolute atomic E-state index is 12.3. The second-order valence-corrected chi connectivity index (χ2v) is 8.90. The molecule has 0 aliphatic carbocycles. The quantitative estimate of drug-likeness (QED) is 0.449. The Labute approximate surface area is 186 Å². The largest absolute Gasteiger partial charge is 0.469 e. The number of nitrogen functional groups attached to an aromatic ring is 1. The van der Waals surface area contributed by atoms with Crippen LogP contribution in [0.1, 0.15) is 57.9 Å². The highest BCUT2D eigenvalue weighted by atomic mass is 16.5. The first kappa shape index (κ1) is 25.0. The molecule has 2 rings (SSSR count). The van der Waals surface area contributed by atoms with Crippen LogP contribution in [0, 0.1) is 5.92 Å². The number of nitrogens with two attached hydrogens (primary N) is 1. The fourth-order valence-corrected chi connectivity index (χ4v) is 4.20. The molecule has 1 heterocycles. The first-order valence-corrected chi connectivity index (χ1v) is 11.3. The molecule has 31 heavy (non-hydrogen) atoms. The lowest BCUT2D eigenvalue weighted by Gasteiger charge is -2.41. The first-order chi connectivity index (χ1) is 14.8. The van der Waals surface area contributed by atoms with Gasteiger partial charge in [0.2, 0.25) is 5.91 Å². The van der Waals surface area contributed by atoms with Crippen molar-refractivity contribution in [2.75, 3.05) is 51.1 Å². The number of benzene rings is 1. The number of hydrogen-bond donors (Lipinski definition) is 1. The Bertz CT molecular complexity index is 730. The normalized spacial score (nSPS) is 15.7. The van der Waals surface area contributed by atoms with Crippen LogP contribution in [0.5, 0.6) is 0 Å². The van der Waals surface area contributed by atoms with Crippen LogP contribution in [0.15, 0.2) is 18.2 Å². The van der Waals surface area contributed by atoms with Crippen LogP contribution < -0.4 is 10.6 Å². The molecule has 0 spiro atoms. The van der Waals surface area contributed by atoms with Crippen molar-refractivity contribution in [2.24, 2.45) is 5.92 Å². The van der Waals surface area contributed by atoms with E-state index in [0.717, 1.165) is 49.4 Å². The van der Waals surface area contributed by atoms with Gasteiger partial charge in [-0.15, -0.1) is 0 Å². The number of carbonyl (C=O) groups is 2. The van der Waals surface area contributed by atoms with Crippen molar-refractivity contribution < 1.29 is 19.1 Å². The zero-order valence-electron chi connectivity index (χ0n) is 19.7. The molecule has 1 aliphatic heterocycles. The molecular weight excluding hydrogens is 394 g/mol. The number of nitrogens with zero attached hydrogens (tertiary/aromatic N) is 2. The van der Waals surface area contributed by atoms with E-state index < -0.39 is 0 Å². The van der Waals surface area contributed by atoms with Crippen LogP contribution in [0.2, 0.25) is 0 Å². The number of methoxy groups -OCH3 is 2. The molecule has 0 bridgehead atoms. The summed E-state index contributed by atoms with van der Waals surface area (Å²) in [6.45, 7) is 9.32. The maximum Gasteiger partial charge on any atom is 0.306 e. The third-order valence-corrected chi connectivity index (χ3v) is 5.97. The monoisotopic (exact) mass is 433 g/mol. The summed E-state index contributed by atoms with van der Waals surface area (Å²) in [5.41, 5.74) is 9.30. The van der Waals surface area contributed by atoms with Gasteiger partial charge >= 0.3 is 5.97 Å². The molecule has 0 saturated carbocycles. The number of ether oxygens (including phenoxy) is 2. The summed E-state index contributed by atoms with van der Waals surface area (Å²) in [7, 11) is 3.03. The molecule has 1 aromatic rings. The van der Waals surface area contributed by atoms with E-state index in [1.165, 1.54) is 7.11 Å². The van der Waals surface area contributed by atoms with E-state index in [0.29, 0.717) is 31.4 Å². The molecule has 7 nitrogen and oxygen atoms in total. The summed E-state index contributed by atoms with van der Waals surface area (Å²) in [5.74, 6) is 0.477. The number of rotatable bonds is 10. The van der Waals surface area contributed by atoms with Crippen LogP contribution in [-0.2, 0) is 19.1 Å². The minimum Gasteiger partial charge on any atom is -0.469 e. The number of amides is 1. The van der Waals surface area contributed by atoms with Crippen LogP contribution in [0.25, 0.3) is 0 Å². The molecule has 0 aromatic heterocycles. The number of esters is 1. The predicted molar refractivity (Wildman–Crippen MR) is 124 cm³/mol. The Morgan fingerprint density at radius 2 is 1.87 bits per heavy atom. The number of carbonyl (C=O) groups excluding carboxylic acids is 2. The molecule has 7 heteroatoms. The van der Waals surface area contributed by atoms with Crippen molar-refractivity contribution in [1.82, 2.24) is 4.90 Å². The summed E-state index contributed by atoms with van der Waals surface area (Å²) < 4.78 is 9.83. The zero-order chi connectivity index (χ0) is 23.0. The van der Waals surface area contributed by atoms with E-state index in [2.05, 4.69) is 30.9 Å². The minimum absolute atomic E-state index is 0.0451. The molecule has 1 atom stereocenters. The molecule has 2 N–H and O–H groups in total. The minimum atomic E-state index is -0.219. The third-order valence-electron chi connectivity index (χ3n) is 5.97. The van der Waals surface area contributed by atoms with Crippen LogP contribution >= 0.6 is 0 Å². The second kappa shape index (κ2) is 11.9. The van der Waals surface area contributed by atoms with Gasteiger partial charge in [-0.25, -0.2) is 0 Å². The average molecular weight is 434 g/mol. The summed E-state index contributed by atoms with van der Waals surface area (Å²) in [4.78, 5) is 28.3. The van der Waals surface area contributed by atoms with E-state index in [4.69, 9.17) is 15.2 Å². The Balaban J connectivity index is 2.12. The lowest BCUT2D eigenvalue weighted by Crippen LogP contribution is -2.48. The van der Waals surface area contributed by atoms with Crippen molar-refractivity contribution in [3.05, 3.63) is 23.8 Å². The number of piperidine rings is 1. The van der Waals surface area contributed by atoms with Crippen molar-refractivity contribution in [3.8, 4) is 0 Å². The average Bonchev–Trinajstić information content (AvgIpc) is 2.75. The van der Waals surface area contributed by atoms with E-state index in [1.54, 1.807) is 7.11 Å². The number of likely N-dealkylation sites (tertiary alicyclic amines) is 1. The Kier molecular flexibility index (Phi) is 9.62. The van der Waals surface area contributed by atoms with Crippen LogP contribution in [-0.4, -0.2) is 63.3 Å². The highest BCUT2D eigenvalue weighted by Gasteiger charge is 2.28. The van der Waals surface area contributed by atoms with E-state index in [1.807, 2.05) is 17.9 Å². The van der Waals surface area contributed by atoms with Gasteiger partial charge in [0.05, 0.1) is 37.9 Å². The van der Waals surface area contributed by atoms with Gasteiger partial charge in [0.15, 0.2) is 0 Å². The first-order valence-electron chi connectivity index (χ1n) is 11.3. The van der Waals surface area contributed by atoms with Crippen molar-refractivity contribution >= 4 is 23.3 Å². The smallest absolute Gasteiger partial charge is 0.306 e. The molecule has 174 valence electrons. The highest BCUT2D eigenvalue weighted by molar-refractivity contribution is 5.76. The van der Waals surface area contributed by atoms with Gasteiger partial charge < -0.3 is 25.0 Å². The lowest BCUT2D eigenvalue weighted by atomic mass is 9.95. The number of hydrogen-bond acceptors (Lipinski definition) is 6. The number of anilines is 2. The fourth-order valence-electron chi connectivity index (χ4n) is 4.20. The van der Waals surface area contributed by atoms with Crippen LogP contribution in [0.4, 0.5) is 11.4 Å². The van der Waals surface area contributed by atoms with Gasteiger partial charge in [0.1, 0.15) is 0 Å². The predicted octanol–water partition coefficient (Wildman–Crippen LogP) is 3.43. The lowest BCUT2D eigenvalue weighted by molar-refractivity contribution is -0.141. The zero-order valence-corrected chi connectivity index (χ0v) is 19.7. The molecule has 1 fully saturated rings. The summed E-state index contributed by atoms with van der Waals surface area (Å²) >= 11 is 0. The van der Waals surface area contributed by atoms with Crippen LogP contribution in [0.3, 0.4) is 0 Å². The van der Waals surface area contributed by atoms with Crippen molar-refractivity contribution in [3.63, 3.8) is 0 Å². The van der Waals surface area contributed by atoms with Gasteiger partial charge in [-0.1, -0.05) is 26.8 Å². The highest BCUT2D eigenvalue weighted by Crippen LogP contribution is 2.33. The van der Waals surface area contributed by atoms with Gasteiger partial charge in [-0.2, -0.15) is 0 Å². The summed E-state index contributed by atoms with van der Waals surface area (Å²) in [6.07, 6.45) is 2.62. The standard InChI is InChI=1S/C24H39N3O4/c1-17(2)16-27(20-8-11-26(12-9-20)23(28)10-13-30-4)22-7-6-19(15-21(22)25)18(3)14-24(29)31-5/h6-7,15,17-18,20H,8-14,16,25H2,1-5H3. The Morgan fingerprint density at radius 1 is 1.19 bits per heavy atom. The molecular formula is C24H39N3O4. The summed E-state index contributed by atoms with van der Waals surface area (Å²) in [6, 6.07) is 6.47. The van der Waals surface area contributed by atoms with E-state index in [-0.39, 0.29) is 17.8 Å². The molecule has 1 saturated heterocycles. The summed E-state index contributed by atoms with van der Waals surface area (Å²) in [5, 5.41) is 0. The molecule has 0 radical (unpaired) electrons. The van der Waals surface area contributed by atoms with Gasteiger partial charge in [0.25, 0.3) is 0 Å². The van der Waals surface area contributed by atoms with Crippen molar-refractivity contribution in [1.29, 1.82) is 0 Å². The SMILES string of the molecule is COCCC(=O)N1CCC(N(CC(C)C)c2ccc(C(C)CC(=O)OC)cc2N)CC1. The molecule has 1 aromatic carbocycles. The molecule has 1 unspecified atom stereocenters.